The van der Waals surface area contributed by atoms with Crippen LogP contribution in [0.2, 0.25) is 0 Å². The van der Waals surface area contributed by atoms with Crippen molar-refractivity contribution in [1.29, 1.82) is 0 Å². The van der Waals surface area contributed by atoms with E-state index < -0.39 is 0 Å². The summed E-state index contributed by atoms with van der Waals surface area (Å²) >= 11 is 0. The Morgan fingerprint density at radius 1 is 1.45 bits per heavy atom. The second kappa shape index (κ2) is 5.12. The Morgan fingerprint density at radius 3 is 2.90 bits per heavy atom. The van der Waals surface area contributed by atoms with E-state index in [1.54, 1.807) is 13.2 Å². The van der Waals surface area contributed by atoms with Gasteiger partial charge in [0.2, 0.25) is 11.8 Å². The molecule has 0 radical (unpaired) electrons. The summed E-state index contributed by atoms with van der Waals surface area (Å²) < 4.78 is 5.42. The number of aliphatic imine (C=N–C) groups is 1. The minimum absolute atomic E-state index is 0.0662. The second-order valence-electron chi connectivity index (χ2n) is 5.17. The largest absolute Gasteiger partial charge is 0.483 e. The van der Waals surface area contributed by atoms with E-state index in [4.69, 9.17) is 4.74 Å². The van der Waals surface area contributed by atoms with Gasteiger partial charge in [-0.1, -0.05) is 30.3 Å². The lowest BCUT2D eigenvalue weighted by molar-refractivity contribution is -0.135. The smallest absolute Gasteiger partial charge is 0.248 e. The standard InChI is InChI=1S/C16H18N2O2/c1-3-6-13-16(19)18-10-12-8-5-4-7-11(12)9-14(18)15(17-13)20-2/h3-5,7-8,13-14H,1,6,9-10H2,2H3/t13-,14-/m0/s1. The van der Waals surface area contributed by atoms with Gasteiger partial charge in [-0.3, -0.25) is 4.79 Å². The summed E-state index contributed by atoms with van der Waals surface area (Å²) in [4.78, 5) is 18.9. The van der Waals surface area contributed by atoms with Crippen LogP contribution in [0.15, 0.2) is 41.9 Å². The highest BCUT2D eigenvalue weighted by Crippen LogP contribution is 2.28. The van der Waals surface area contributed by atoms with Crippen molar-refractivity contribution in [3.05, 3.63) is 48.0 Å². The molecule has 104 valence electrons. The zero-order valence-corrected chi connectivity index (χ0v) is 11.6. The molecule has 0 unspecified atom stereocenters. The number of nitrogens with zero attached hydrogens (tertiary/aromatic N) is 2. The molecule has 0 saturated carbocycles. The molecule has 0 aromatic heterocycles. The van der Waals surface area contributed by atoms with Gasteiger partial charge in [0, 0.05) is 13.0 Å². The van der Waals surface area contributed by atoms with Gasteiger partial charge in [-0.15, -0.1) is 6.58 Å². The summed E-state index contributed by atoms with van der Waals surface area (Å²) in [5.41, 5.74) is 2.49. The summed E-state index contributed by atoms with van der Waals surface area (Å²) in [7, 11) is 1.62. The van der Waals surface area contributed by atoms with E-state index in [0.717, 1.165) is 6.42 Å². The van der Waals surface area contributed by atoms with Gasteiger partial charge in [0.25, 0.3) is 0 Å². The highest BCUT2D eigenvalue weighted by molar-refractivity contribution is 5.96. The lowest BCUT2D eigenvalue weighted by atomic mass is 9.91. The highest BCUT2D eigenvalue weighted by Gasteiger charge is 2.40. The van der Waals surface area contributed by atoms with Crippen LogP contribution < -0.4 is 0 Å². The van der Waals surface area contributed by atoms with Gasteiger partial charge in [0.15, 0.2) is 0 Å². The summed E-state index contributed by atoms with van der Waals surface area (Å²) in [6.45, 7) is 4.33. The molecule has 3 rings (SSSR count). The molecule has 1 amide bonds. The normalized spacial score (nSPS) is 24.6. The number of rotatable bonds is 2. The van der Waals surface area contributed by atoms with E-state index in [-0.39, 0.29) is 18.0 Å². The predicted molar refractivity (Wildman–Crippen MR) is 77.5 cm³/mol. The molecule has 2 heterocycles. The first-order valence-corrected chi connectivity index (χ1v) is 6.84. The van der Waals surface area contributed by atoms with E-state index in [1.165, 1.54) is 11.1 Å². The molecule has 0 bridgehead atoms. The third-order valence-corrected chi connectivity index (χ3v) is 3.98. The molecule has 0 aliphatic carbocycles. The lowest BCUT2D eigenvalue weighted by Gasteiger charge is -2.41. The Kier molecular flexibility index (Phi) is 3.30. The van der Waals surface area contributed by atoms with Gasteiger partial charge < -0.3 is 9.64 Å². The van der Waals surface area contributed by atoms with Crippen LogP contribution in [0.25, 0.3) is 0 Å². The monoisotopic (exact) mass is 270 g/mol. The van der Waals surface area contributed by atoms with Crippen LogP contribution in [0.3, 0.4) is 0 Å². The molecule has 0 N–H and O–H groups in total. The fraction of sp³-hybridized carbons (Fsp3) is 0.375. The van der Waals surface area contributed by atoms with Crippen molar-refractivity contribution in [2.24, 2.45) is 4.99 Å². The van der Waals surface area contributed by atoms with Gasteiger partial charge in [-0.2, -0.15) is 0 Å². The Morgan fingerprint density at radius 2 is 2.20 bits per heavy atom. The molecule has 0 fully saturated rings. The maximum Gasteiger partial charge on any atom is 0.248 e. The van der Waals surface area contributed by atoms with Gasteiger partial charge in [0.1, 0.15) is 12.1 Å². The SMILES string of the molecule is C=CC[C@@H]1N=C(OC)[C@@H]2Cc3ccccc3CN2C1=O. The number of ether oxygens (including phenoxy) is 1. The summed E-state index contributed by atoms with van der Waals surface area (Å²) in [5, 5.41) is 0. The molecule has 0 spiro atoms. The Labute approximate surface area is 118 Å². The summed E-state index contributed by atoms with van der Waals surface area (Å²) in [5.74, 6) is 0.733. The predicted octanol–water partition coefficient (Wildman–Crippen LogP) is 1.94. The Bertz CT molecular complexity index is 580. The van der Waals surface area contributed by atoms with Crippen molar-refractivity contribution in [2.75, 3.05) is 7.11 Å². The first-order valence-electron chi connectivity index (χ1n) is 6.84. The van der Waals surface area contributed by atoms with Gasteiger partial charge in [-0.25, -0.2) is 4.99 Å². The van der Waals surface area contributed by atoms with Gasteiger partial charge >= 0.3 is 0 Å². The van der Waals surface area contributed by atoms with E-state index in [1.807, 2.05) is 17.0 Å². The Hall–Kier alpha value is -2.10. The number of methoxy groups -OCH3 is 1. The topological polar surface area (TPSA) is 41.9 Å². The number of fused-ring (bicyclic) bond motifs is 2. The minimum atomic E-state index is -0.385. The van der Waals surface area contributed by atoms with Crippen LogP contribution >= 0.6 is 0 Å². The quantitative estimate of drug-likeness (QED) is 0.771. The zero-order chi connectivity index (χ0) is 14.1. The highest BCUT2D eigenvalue weighted by atomic mass is 16.5. The fourth-order valence-electron chi connectivity index (χ4n) is 2.96. The lowest BCUT2D eigenvalue weighted by Crippen LogP contribution is -2.55. The van der Waals surface area contributed by atoms with Crippen molar-refractivity contribution in [1.82, 2.24) is 4.90 Å². The molecule has 2 atom stereocenters. The van der Waals surface area contributed by atoms with Crippen LogP contribution in [0, 0.1) is 0 Å². The maximum atomic E-state index is 12.5. The van der Waals surface area contributed by atoms with Crippen molar-refractivity contribution >= 4 is 11.8 Å². The molecule has 0 saturated heterocycles. The molecular formula is C16H18N2O2. The van der Waals surface area contributed by atoms with Crippen LogP contribution in [-0.4, -0.2) is 35.9 Å². The van der Waals surface area contributed by atoms with E-state index >= 15 is 0 Å². The summed E-state index contributed by atoms with van der Waals surface area (Å²) in [6.07, 6.45) is 3.06. The molecular weight excluding hydrogens is 252 g/mol. The van der Waals surface area contributed by atoms with Crippen molar-refractivity contribution < 1.29 is 9.53 Å². The third-order valence-electron chi connectivity index (χ3n) is 3.98. The summed E-state index contributed by atoms with van der Waals surface area (Å²) in [6, 6.07) is 7.79. The average molecular weight is 270 g/mol. The Balaban J connectivity index is 1.98. The molecule has 2 aliphatic rings. The number of amides is 1. The number of hydrogen-bond donors (Lipinski definition) is 0. The zero-order valence-electron chi connectivity index (χ0n) is 11.6. The molecule has 4 nitrogen and oxygen atoms in total. The third kappa shape index (κ3) is 2.01. The average Bonchev–Trinajstić information content (AvgIpc) is 2.49. The van der Waals surface area contributed by atoms with Crippen molar-refractivity contribution in [3.63, 3.8) is 0 Å². The van der Waals surface area contributed by atoms with Crippen LogP contribution in [0.1, 0.15) is 17.5 Å². The van der Waals surface area contributed by atoms with Gasteiger partial charge in [-0.05, 0) is 17.5 Å². The van der Waals surface area contributed by atoms with Crippen LogP contribution in [-0.2, 0) is 22.5 Å². The van der Waals surface area contributed by atoms with Crippen LogP contribution in [0.4, 0.5) is 0 Å². The fourth-order valence-corrected chi connectivity index (χ4v) is 2.96. The van der Waals surface area contributed by atoms with Crippen molar-refractivity contribution in [2.45, 2.75) is 31.5 Å². The van der Waals surface area contributed by atoms with E-state index in [2.05, 4.69) is 23.7 Å². The number of carbonyl (C=O) groups excluding carboxylic acids is 1. The number of hydrogen-bond acceptors (Lipinski definition) is 3. The second-order valence-corrected chi connectivity index (χ2v) is 5.17. The maximum absolute atomic E-state index is 12.5. The first-order chi connectivity index (χ1) is 9.74. The van der Waals surface area contributed by atoms with Gasteiger partial charge in [0.05, 0.1) is 7.11 Å². The minimum Gasteiger partial charge on any atom is -0.483 e. The van der Waals surface area contributed by atoms with Crippen molar-refractivity contribution in [3.8, 4) is 0 Å². The molecule has 1 aromatic rings. The van der Waals surface area contributed by atoms with E-state index in [9.17, 15) is 4.79 Å². The van der Waals surface area contributed by atoms with Crippen LogP contribution in [0.5, 0.6) is 0 Å². The number of benzene rings is 1. The molecule has 1 aromatic carbocycles. The first kappa shape index (κ1) is 12.9. The molecule has 4 heteroatoms. The molecule has 2 aliphatic heterocycles. The van der Waals surface area contributed by atoms with E-state index in [0.29, 0.717) is 18.9 Å². The number of carbonyl (C=O) groups is 1. The molecule has 20 heavy (non-hydrogen) atoms.